The van der Waals surface area contributed by atoms with Gasteiger partial charge in [-0.2, -0.15) is 14.9 Å². The minimum atomic E-state index is -0.922. The second-order valence-corrected chi connectivity index (χ2v) is 7.09. The fourth-order valence-corrected chi connectivity index (χ4v) is 4.06. The second-order valence-electron chi connectivity index (χ2n) is 7.09. The summed E-state index contributed by atoms with van der Waals surface area (Å²) in [5, 5.41) is 21.3. The van der Waals surface area contributed by atoms with E-state index in [4.69, 9.17) is 4.74 Å². The third-order valence-electron chi connectivity index (χ3n) is 5.41. The monoisotopic (exact) mass is 381 g/mol. The maximum Gasteiger partial charge on any atom is 0.159 e. The van der Waals surface area contributed by atoms with Crippen molar-refractivity contribution in [2.75, 3.05) is 13.2 Å². The zero-order valence-electron chi connectivity index (χ0n) is 14.9. The summed E-state index contributed by atoms with van der Waals surface area (Å²) in [6.07, 6.45) is 4.78. The van der Waals surface area contributed by atoms with Crippen LogP contribution in [0.3, 0.4) is 0 Å². The fourth-order valence-electron chi connectivity index (χ4n) is 4.06. The van der Waals surface area contributed by atoms with Crippen LogP contribution < -0.4 is 0 Å². The van der Waals surface area contributed by atoms with Crippen LogP contribution in [0.1, 0.15) is 24.5 Å². The zero-order chi connectivity index (χ0) is 19.3. The Kier molecular flexibility index (Phi) is 3.98. The van der Waals surface area contributed by atoms with Crippen molar-refractivity contribution in [1.82, 2.24) is 14.9 Å². The summed E-state index contributed by atoms with van der Waals surface area (Å²) in [5.74, 6) is -1.78. The summed E-state index contributed by atoms with van der Waals surface area (Å²) in [4.78, 5) is 0. The number of aromatic nitrogens is 3. The van der Waals surface area contributed by atoms with Gasteiger partial charge in [0.05, 0.1) is 23.6 Å². The molecular formula is C21H17F2N3O2. The van der Waals surface area contributed by atoms with Gasteiger partial charge in [0.15, 0.2) is 11.6 Å². The van der Waals surface area contributed by atoms with Crippen molar-refractivity contribution in [3.05, 3.63) is 60.1 Å². The van der Waals surface area contributed by atoms with Gasteiger partial charge in [0.1, 0.15) is 0 Å². The van der Waals surface area contributed by atoms with Gasteiger partial charge in [0.2, 0.25) is 0 Å². The Hall–Kier alpha value is -3.06. The number of fused-ring (bicyclic) bond motifs is 2. The molecule has 0 atom stereocenters. The van der Waals surface area contributed by atoms with Crippen molar-refractivity contribution in [3.63, 3.8) is 0 Å². The highest BCUT2D eigenvalue weighted by Gasteiger charge is 2.25. The van der Waals surface area contributed by atoms with E-state index >= 15 is 0 Å². The van der Waals surface area contributed by atoms with E-state index in [-0.39, 0.29) is 5.92 Å². The molecule has 0 unspecified atom stereocenters. The molecule has 7 heteroatoms. The molecule has 1 saturated heterocycles. The van der Waals surface area contributed by atoms with E-state index in [0.717, 1.165) is 39.8 Å². The van der Waals surface area contributed by atoms with E-state index in [2.05, 4.69) is 10.2 Å². The number of benzene rings is 2. The van der Waals surface area contributed by atoms with Crippen molar-refractivity contribution in [2.45, 2.75) is 18.8 Å². The van der Waals surface area contributed by atoms with Crippen LogP contribution in [0.15, 0.2) is 42.7 Å². The average molecular weight is 381 g/mol. The SMILES string of the molecule is On1cc2cc3nncc3cc2c(-c2ccc(F)c(F)c2)c1C1CCOCC1. The van der Waals surface area contributed by atoms with Gasteiger partial charge in [-0.15, -0.1) is 0 Å². The van der Waals surface area contributed by atoms with E-state index in [1.807, 2.05) is 12.1 Å². The van der Waals surface area contributed by atoms with Crippen LogP contribution in [-0.4, -0.2) is 33.3 Å². The van der Waals surface area contributed by atoms with Gasteiger partial charge < -0.3 is 9.94 Å². The number of pyridine rings is 1. The number of rotatable bonds is 2. The van der Waals surface area contributed by atoms with E-state index in [0.29, 0.717) is 35.6 Å². The first-order valence-electron chi connectivity index (χ1n) is 9.14. The van der Waals surface area contributed by atoms with Gasteiger partial charge >= 0.3 is 0 Å². The molecular weight excluding hydrogens is 364 g/mol. The molecule has 0 spiro atoms. The summed E-state index contributed by atoms with van der Waals surface area (Å²) in [6.45, 7) is 1.19. The minimum Gasteiger partial charge on any atom is -0.429 e. The lowest BCUT2D eigenvalue weighted by Gasteiger charge is -2.27. The molecule has 1 fully saturated rings. The van der Waals surface area contributed by atoms with Crippen LogP contribution in [0.4, 0.5) is 8.78 Å². The molecule has 1 aliphatic heterocycles. The number of hydrogen-bond donors (Lipinski definition) is 1. The molecule has 28 heavy (non-hydrogen) atoms. The van der Waals surface area contributed by atoms with Crippen LogP contribution in [0.2, 0.25) is 0 Å². The van der Waals surface area contributed by atoms with Gasteiger partial charge in [-0.3, -0.25) is 0 Å². The topological polar surface area (TPSA) is 60.2 Å². The molecule has 5 nitrogen and oxygen atoms in total. The van der Waals surface area contributed by atoms with Gasteiger partial charge in [0.25, 0.3) is 0 Å². The third kappa shape index (κ3) is 2.70. The molecule has 4 aromatic rings. The zero-order valence-corrected chi connectivity index (χ0v) is 14.9. The van der Waals surface area contributed by atoms with Crippen LogP contribution in [0.5, 0.6) is 0 Å². The quantitative estimate of drug-likeness (QED) is 0.513. The Morgan fingerprint density at radius 3 is 2.64 bits per heavy atom. The number of halogens is 2. The van der Waals surface area contributed by atoms with E-state index in [1.165, 1.54) is 6.07 Å². The standard InChI is InChI=1S/C21H17F2N3O2/c22-17-2-1-13(8-18(17)23)20-16-7-14-10-24-25-19(14)9-15(16)11-26(27)21(20)12-3-5-28-6-4-12/h1-2,7-12,27H,3-6H2. The normalized spacial score (nSPS) is 15.5. The molecule has 0 radical (unpaired) electrons. The molecule has 5 rings (SSSR count). The Bertz CT molecular complexity index is 1200. The van der Waals surface area contributed by atoms with Crippen LogP contribution in [0, 0.1) is 11.6 Å². The molecule has 1 aliphatic rings. The molecule has 2 aromatic heterocycles. The van der Waals surface area contributed by atoms with Crippen molar-refractivity contribution >= 4 is 21.7 Å². The van der Waals surface area contributed by atoms with Gasteiger partial charge in [-0.05, 0) is 48.1 Å². The lowest BCUT2D eigenvalue weighted by molar-refractivity contribution is 0.0768. The highest BCUT2D eigenvalue weighted by atomic mass is 19.2. The van der Waals surface area contributed by atoms with Gasteiger partial charge in [-0.25, -0.2) is 8.78 Å². The maximum atomic E-state index is 14.1. The Morgan fingerprint density at radius 1 is 1.04 bits per heavy atom. The van der Waals surface area contributed by atoms with Crippen molar-refractivity contribution < 1.29 is 18.7 Å². The number of hydrogen-bond acceptors (Lipinski definition) is 4. The Balaban J connectivity index is 1.86. The fraction of sp³-hybridized carbons (Fsp3) is 0.238. The van der Waals surface area contributed by atoms with E-state index in [9.17, 15) is 14.0 Å². The first kappa shape index (κ1) is 17.1. The minimum absolute atomic E-state index is 0.0397. The van der Waals surface area contributed by atoms with Crippen molar-refractivity contribution in [3.8, 4) is 11.1 Å². The summed E-state index contributed by atoms with van der Waals surface area (Å²) in [6, 6.07) is 7.61. The molecule has 3 heterocycles. The molecule has 0 aliphatic carbocycles. The summed E-state index contributed by atoms with van der Waals surface area (Å²) >= 11 is 0. The highest BCUT2D eigenvalue weighted by molar-refractivity contribution is 6.04. The van der Waals surface area contributed by atoms with E-state index in [1.54, 1.807) is 18.5 Å². The van der Waals surface area contributed by atoms with Crippen LogP contribution in [0.25, 0.3) is 32.8 Å². The number of nitrogens with zero attached hydrogens (tertiary/aromatic N) is 3. The molecule has 0 bridgehead atoms. The smallest absolute Gasteiger partial charge is 0.159 e. The molecule has 0 amide bonds. The lowest BCUT2D eigenvalue weighted by Crippen LogP contribution is -2.19. The van der Waals surface area contributed by atoms with E-state index < -0.39 is 11.6 Å². The average Bonchev–Trinajstić information content (AvgIpc) is 3.15. The number of ether oxygens (including phenoxy) is 1. The second kappa shape index (κ2) is 6.53. The largest absolute Gasteiger partial charge is 0.429 e. The first-order valence-corrected chi connectivity index (χ1v) is 9.14. The third-order valence-corrected chi connectivity index (χ3v) is 5.41. The predicted molar refractivity (Wildman–Crippen MR) is 100 cm³/mol. The molecule has 142 valence electrons. The Morgan fingerprint density at radius 2 is 1.86 bits per heavy atom. The van der Waals surface area contributed by atoms with Gasteiger partial charge in [0, 0.05) is 35.5 Å². The summed E-state index contributed by atoms with van der Waals surface area (Å²) in [7, 11) is 0. The first-order chi connectivity index (χ1) is 13.6. The summed E-state index contributed by atoms with van der Waals surface area (Å²) < 4.78 is 34.2. The molecule has 0 saturated carbocycles. The molecule has 2 aromatic carbocycles. The van der Waals surface area contributed by atoms with Crippen LogP contribution in [-0.2, 0) is 4.74 Å². The predicted octanol–water partition coefficient (Wildman–Crippen LogP) is 4.66. The van der Waals surface area contributed by atoms with Crippen LogP contribution >= 0.6 is 0 Å². The van der Waals surface area contributed by atoms with Gasteiger partial charge in [-0.1, -0.05) is 6.07 Å². The van der Waals surface area contributed by atoms with Crippen molar-refractivity contribution in [2.24, 2.45) is 0 Å². The lowest BCUT2D eigenvalue weighted by atomic mass is 9.87. The highest BCUT2D eigenvalue weighted by Crippen LogP contribution is 2.40. The molecule has 1 N–H and O–H groups in total. The summed E-state index contributed by atoms with van der Waals surface area (Å²) in [5.41, 5.74) is 2.59. The Labute approximate surface area is 159 Å². The van der Waals surface area contributed by atoms with Crippen molar-refractivity contribution in [1.29, 1.82) is 0 Å². The maximum absolute atomic E-state index is 14.1.